The Labute approximate surface area is 68.2 Å². The fourth-order valence-electron chi connectivity index (χ4n) is 2.42. The summed E-state index contributed by atoms with van der Waals surface area (Å²) in [6, 6.07) is 0. The van der Waals surface area contributed by atoms with Crippen LogP contribution in [0.2, 0.25) is 0 Å². The van der Waals surface area contributed by atoms with Crippen LogP contribution in [0.3, 0.4) is 0 Å². The highest BCUT2D eigenvalue weighted by Gasteiger charge is 2.52. The number of fused-ring (bicyclic) bond motifs is 1. The lowest BCUT2D eigenvalue weighted by Crippen LogP contribution is -2.13. The van der Waals surface area contributed by atoms with E-state index in [9.17, 15) is 4.79 Å². The molecule has 0 aromatic carbocycles. The molecule has 0 amide bonds. The van der Waals surface area contributed by atoms with Crippen LogP contribution in [0, 0.1) is 23.7 Å². The maximum atomic E-state index is 11.5. The first-order chi connectivity index (χ1) is 5.18. The fraction of sp³-hybridized carbons (Fsp3) is 0.900. The van der Waals surface area contributed by atoms with E-state index in [0.717, 1.165) is 12.3 Å². The Morgan fingerprint density at radius 2 is 2.18 bits per heavy atom. The lowest BCUT2D eigenvalue weighted by molar-refractivity contribution is -0.122. The van der Waals surface area contributed by atoms with Gasteiger partial charge in [0.2, 0.25) is 0 Å². The van der Waals surface area contributed by atoms with Crippen LogP contribution in [-0.4, -0.2) is 5.78 Å². The maximum absolute atomic E-state index is 11.5. The Morgan fingerprint density at radius 1 is 1.45 bits per heavy atom. The number of carbonyl (C=O) groups excluding carboxylic acids is 1. The van der Waals surface area contributed by atoms with Crippen molar-refractivity contribution in [3.05, 3.63) is 0 Å². The second-order valence-corrected chi connectivity index (χ2v) is 4.57. The van der Waals surface area contributed by atoms with Crippen LogP contribution in [0.15, 0.2) is 0 Å². The number of hydrogen-bond donors (Lipinski definition) is 0. The zero-order chi connectivity index (χ0) is 8.01. The van der Waals surface area contributed by atoms with Crippen molar-refractivity contribution in [1.29, 1.82) is 0 Å². The van der Waals surface area contributed by atoms with Gasteiger partial charge in [-0.25, -0.2) is 0 Å². The van der Waals surface area contributed by atoms with E-state index >= 15 is 0 Å². The van der Waals surface area contributed by atoms with Crippen molar-refractivity contribution in [3.63, 3.8) is 0 Å². The van der Waals surface area contributed by atoms with Gasteiger partial charge in [0, 0.05) is 11.8 Å². The van der Waals surface area contributed by atoms with Crippen LogP contribution >= 0.6 is 0 Å². The molecule has 0 radical (unpaired) electrons. The molecule has 1 heteroatoms. The van der Waals surface area contributed by atoms with E-state index in [1.165, 1.54) is 12.8 Å². The number of ketones is 1. The van der Waals surface area contributed by atoms with Gasteiger partial charge in [-0.05, 0) is 31.1 Å². The highest BCUT2D eigenvalue weighted by atomic mass is 16.1. The topological polar surface area (TPSA) is 17.1 Å². The molecule has 2 fully saturated rings. The minimum Gasteiger partial charge on any atom is -0.299 e. The smallest absolute Gasteiger partial charge is 0.139 e. The molecule has 2 rings (SSSR count). The Kier molecular flexibility index (Phi) is 1.55. The molecule has 3 unspecified atom stereocenters. The molecule has 0 spiro atoms. The lowest BCUT2D eigenvalue weighted by atomic mass is 9.92. The van der Waals surface area contributed by atoms with Crippen LogP contribution in [0.4, 0.5) is 0 Å². The van der Waals surface area contributed by atoms with Crippen molar-refractivity contribution >= 4 is 5.78 Å². The summed E-state index contributed by atoms with van der Waals surface area (Å²) < 4.78 is 0. The molecule has 0 N–H and O–H groups in total. The minimum absolute atomic E-state index is 0.443. The van der Waals surface area contributed by atoms with Gasteiger partial charge in [-0.2, -0.15) is 0 Å². The van der Waals surface area contributed by atoms with Crippen molar-refractivity contribution in [2.45, 2.75) is 33.1 Å². The van der Waals surface area contributed by atoms with Gasteiger partial charge in [0.15, 0.2) is 0 Å². The molecule has 62 valence electrons. The Morgan fingerprint density at radius 3 is 2.64 bits per heavy atom. The summed E-state index contributed by atoms with van der Waals surface area (Å²) in [5, 5.41) is 0. The van der Waals surface area contributed by atoms with Gasteiger partial charge < -0.3 is 0 Å². The molecule has 0 aromatic rings. The maximum Gasteiger partial charge on any atom is 0.139 e. The second kappa shape index (κ2) is 2.33. The fourth-order valence-corrected chi connectivity index (χ4v) is 2.42. The van der Waals surface area contributed by atoms with Gasteiger partial charge >= 0.3 is 0 Å². The summed E-state index contributed by atoms with van der Waals surface area (Å²) in [5.41, 5.74) is 0. The summed E-state index contributed by atoms with van der Waals surface area (Å²) in [6.07, 6.45) is 3.56. The van der Waals surface area contributed by atoms with Crippen molar-refractivity contribution < 1.29 is 4.79 Å². The lowest BCUT2D eigenvalue weighted by Gasteiger charge is -2.12. The zero-order valence-electron chi connectivity index (χ0n) is 7.34. The molecular formula is C10H16O. The van der Waals surface area contributed by atoms with E-state index in [2.05, 4.69) is 13.8 Å². The number of hydrogen-bond acceptors (Lipinski definition) is 1. The first-order valence-electron chi connectivity index (χ1n) is 4.72. The summed E-state index contributed by atoms with van der Waals surface area (Å²) in [6.45, 7) is 4.41. The van der Waals surface area contributed by atoms with E-state index in [1.54, 1.807) is 0 Å². The highest BCUT2D eigenvalue weighted by Crippen LogP contribution is 2.53. The third kappa shape index (κ3) is 1.21. The average Bonchev–Trinajstić information content (AvgIpc) is 2.58. The van der Waals surface area contributed by atoms with Gasteiger partial charge in [0.25, 0.3) is 0 Å². The largest absolute Gasteiger partial charge is 0.299 e. The molecular weight excluding hydrogens is 136 g/mol. The van der Waals surface area contributed by atoms with Crippen molar-refractivity contribution in [2.24, 2.45) is 23.7 Å². The summed E-state index contributed by atoms with van der Waals surface area (Å²) in [7, 11) is 0. The quantitative estimate of drug-likeness (QED) is 0.593. The molecule has 3 atom stereocenters. The van der Waals surface area contributed by atoms with Crippen molar-refractivity contribution in [1.82, 2.24) is 0 Å². The van der Waals surface area contributed by atoms with Crippen LogP contribution < -0.4 is 0 Å². The normalized spacial score (nSPS) is 41.4. The predicted molar refractivity (Wildman–Crippen MR) is 44.2 cm³/mol. The summed E-state index contributed by atoms with van der Waals surface area (Å²) >= 11 is 0. The van der Waals surface area contributed by atoms with Crippen LogP contribution in [0.1, 0.15) is 33.1 Å². The Bertz CT molecular complexity index is 183. The first kappa shape index (κ1) is 7.33. The monoisotopic (exact) mass is 152 g/mol. The van der Waals surface area contributed by atoms with Gasteiger partial charge in [0.1, 0.15) is 5.78 Å². The van der Waals surface area contributed by atoms with Gasteiger partial charge in [0.05, 0.1) is 0 Å². The van der Waals surface area contributed by atoms with E-state index in [1.807, 2.05) is 0 Å². The third-order valence-corrected chi connectivity index (χ3v) is 3.03. The molecule has 1 nitrogen and oxygen atoms in total. The molecule has 0 bridgehead atoms. The van der Waals surface area contributed by atoms with Gasteiger partial charge in [-0.15, -0.1) is 0 Å². The summed E-state index contributed by atoms with van der Waals surface area (Å²) in [5.74, 6) is 3.05. The third-order valence-electron chi connectivity index (χ3n) is 3.03. The minimum atomic E-state index is 0.443. The average molecular weight is 152 g/mol. The first-order valence-corrected chi connectivity index (χ1v) is 4.72. The molecule has 0 saturated heterocycles. The van der Waals surface area contributed by atoms with E-state index in [0.29, 0.717) is 23.5 Å². The van der Waals surface area contributed by atoms with E-state index in [-0.39, 0.29) is 0 Å². The SMILES string of the molecule is CC(C)CC1CC2CC2C1=O. The second-order valence-electron chi connectivity index (χ2n) is 4.57. The Balaban J connectivity index is 1.92. The van der Waals surface area contributed by atoms with Crippen LogP contribution in [-0.2, 0) is 4.79 Å². The molecule has 0 heterocycles. The number of carbonyl (C=O) groups is 1. The molecule has 2 aliphatic rings. The number of Topliss-reactive ketones (excluding diaryl/α,β-unsaturated/α-hetero) is 1. The van der Waals surface area contributed by atoms with E-state index in [4.69, 9.17) is 0 Å². The summed E-state index contributed by atoms with van der Waals surface area (Å²) in [4.78, 5) is 11.5. The molecule has 11 heavy (non-hydrogen) atoms. The predicted octanol–water partition coefficient (Wildman–Crippen LogP) is 2.26. The highest BCUT2D eigenvalue weighted by molar-refractivity contribution is 5.88. The molecule has 0 aromatic heterocycles. The zero-order valence-corrected chi connectivity index (χ0v) is 7.34. The Hall–Kier alpha value is -0.330. The van der Waals surface area contributed by atoms with Crippen LogP contribution in [0.5, 0.6) is 0 Å². The van der Waals surface area contributed by atoms with Crippen molar-refractivity contribution in [2.75, 3.05) is 0 Å². The molecule has 2 saturated carbocycles. The van der Waals surface area contributed by atoms with Gasteiger partial charge in [-0.1, -0.05) is 13.8 Å². The van der Waals surface area contributed by atoms with Crippen LogP contribution in [0.25, 0.3) is 0 Å². The van der Waals surface area contributed by atoms with E-state index < -0.39 is 0 Å². The number of rotatable bonds is 2. The molecule has 2 aliphatic carbocycles. The van der Waals surface area contributed by atoms with Gasteiger partial charge in [-0.3, -0.25) is 4.79 Å². The van der Waals surface area contributed by atoms with Crippen molar-refractivity contribution in [3.8, 4) is 0 Å². The molecule has 0 aliphatic heterocycles. The standard InChI is InChI=1S/C10H16O/c1-6(2)3-8-4-7-5-9(7)10(8)11/h6-9H,3-5H2,1-2H3.